The third-order valence-corrected chi connectivity index (χ3v) is 3.14. The summed E-state index contributed by atoms with van der Waals surface area (Å²) in [7, 11) is 1.63. The van der Waals surface area contributed by atoms with E-state index in [1.165, 1.54) is 0 Å². The maximum absolute atomic E-state index is 11.6. The number of nitrogens with one attached hydrogen (secondary N) is 2. The number of amides is 2. The number of carbonyl (C=O) groups is 1. The smallest absolute Gasteiger partial charge is 0.315 e. The Hall–Kier alpha value is -1.42. The summed E-state index contributed by atoms with van der Waals surface area (Å²) in [4.78, 5) is 11.6. The van der Waals surface area contributed by atoms with Gasteiger partial charge in [-0.05, 0) is 57.4 Å². The van der Waals surface area contributed by atoms with Gasteiger partial charge in [-0.1, -0.05) is 11.6 Å². The van der Waals surface area contributed by atoms with Gasteiger partial charge in [0.1, 0.15) is 5.75 Å². The molecule has 2 N–H and O–H groups in total. The van der Waals surface area contributed by atoms with E-state index in [0.29, 0.717) is 18.0 Å². The van der Waals surface area contributed by atoms with E-state index >= 15 is 0 Å². The average molecular weight is 299 g/mol. The number of carbonyl (C=O) groups excluding carboxylic acids is 1. The molecule has 0 fully saturated rings. The summed E-state index contributed by atoms with van der Waals surface area (Å²) in [5.74, 6) is 0.796. The van der Waals surface area contributed by atoms with Crippen molar-refractivity contribution in [3.8, 4) is 5.75 Å². The highest BCUT2D eigenvalue weighted by molar-refractivity contribution is 6.31. The molecule has 4 nitrogen and oxygen atoms in total. The van der Waals surface area contributed by atoms with Crippen molar-refractivity contribution in [1.29, 1.82) is 0 Å². The lowest BCUT2D eigenvalue weighted by Crippen LogP contribution is -2.46. The van der Waals surface area contributed by atoms with Crippen LogP contribution in [0.5, 0.6) is 5.75 Å². The van der Waals surface area contributed by atoms with E-state index in [4.69, 9.17) is 16.3 Å². The van der Waals surface area contributed by atoms with Crippen molar-refractivity contribution in [2.75, 3.05) is 13.7 Å². The van der Waals surface area contributed by atoms with Gasteiger partial charge in [-0.2, -0.15) is 0 Å². The third-order valence-electron chi connectivity index (χ3n) is 2.73. The van der Waals surface area contributed by atoms with Crippen LogP contribution >= 0.6 is 11.6 Å². The Morgan fingerprint density at radius 3 is 2.55 bits per heavy atom. The molecule has 0 unspecified atom stereocenters. The van der Waals surface area contributed by atoms with Gasteiger partial charge in [0.25, 0.3) is 0 Å². The number of ether oxygens (including phenoxy) is 1. The second-order valence-electron chi connectivity index (χ2n) is 5.79. The molecule has 0 aromatic heterocycles. The molecule has 1 rings (SSSR count). The molecule has 1 aromatic carbocycles. The first kappa shape index (κ1) is 16.6. The molecule has 1 aromatic rings. The van der Waals surface area contributed by atoms with Crippen LogP contribution in [-0.2, 0) is 6.42 Å². The number of aryl methyl sites for hydroxylation is 1. The van der Waals surface area contributed by atoms with Crippen LogP contribution in [0.2, 0.25) is 5.02 Å². The van der Waals surface area contributed by atoms with Gasteiger partial charge in [-0.15, -0.1) is 0 Å². The first-order chi connectivity index (χ1) is 9.23. The topological polar surface area (TPSA) is 50.4 Å². The molecule has 112 valence electrons. The van der Waals surface area contributed by atoms with Gasteiger partial charge >= 0.3 is 6.03 Å². The number of methoxy groups -OCH3 is 1. The van der Waals surface area contributed by atoms with E-state index < -0.39 is 0 Å². The van der Waals surface area contributed by atoms with Crippen molar-refractivity contribution in [1.82, 2.24) is 10.6 Å². The van der Waals surface area contributed by atoms with E-state index in [0.717, 1.165) is 16.9 Å². The van der Waals surface area contributed by atoms with Crippen LogP contribution < -0.4 is 15.4 Å². The number of benzene rings is 1. The molecule has 0 heterocycles. The van der Waals surface area contributed by atoms with Crippen LogP contribution in [0.1, 0.15) is 31.9 Å². The summed E-state index contributed by atoms with van der Waals surface area (Å²) in [6.45, 7) is 8.28. The van der Waals surface area contributed by atoms with Crippen molar-refractivity contribution < 1.29 is 9.53 Å². The van der Waals surface area contributed by atoms with E-state index in [1.54, 1.807) is 7.11 Å². The number of urea groups is 1. The first-order valence-corrected chi connectivity index (χ1v) is 7.00. The molecule has 20 heavy (non-hydrogen) atoms. The molecule has 0 saturated heterocycles. The lowest BCUT2D eigenvalue weighted by atomic mass is 10.1. The molecule has 0 aliphatic rings. The maximum atomic E-state index is 11.6. The molecule has 0 radical (unpaired) electrons. The highest BCUT2D eigenvalue weighted by Crippen LogP contribution is 2.26. The summed E-state index contributed by atoms with van der Waals surface area (Å²) in [5.41, 5.74) is 1.72. The first-order valence-electron chi connectivity index (χ1n) is 6.62. The lowest BCUT2D eigenvalue weighted by molar-refractivity contribution is 0.232. The van der Waals surface area contributed by atoms with Crippen LogP contribution in [0.3, 0.4) is 0 Å². The molecule has 0 aliphatic heterocycles. The van der Waals surface area contributed by atoms with Gasteiger partial charge in [-0.25, -0.2) is 4.79 Å². The van der Waals surface area contributed by atoms with E-state index in [-0.39, 0.29) is 11.6 Å². The Kier molecular flexibility index (Phi) is 5.69. The zero-order valence-electron chi connectivity index (χ0n) is 12.8. The second-order valence-corrected chi connectivity index (χ2v) is 6.20. The number of halogens is 1. The molecule has 2 amide bonds. The Labute approximate surface area is 125 Å². The van der Waals surface area contributed by atoms with Gasteiger partial charge < -0.3 is 15.4 Å². The zero-order valence-corrected chi connectivity index (χ0v) is 13.5. The quantitative estimate of drug-likeness (QED) is 0.896. The predicted molar refractivity (Wildman–Crippen MR) is 82.7 cm³/mol. The fourth-order valence-electron chi connectivity index (χ4n) is 1.78. The standard InChI is InChI=1S/C15H23ClN2O2/c1-10-8-13(20-5)11(9-12(10)16)6-7-17-14(19)18-15(2,3)4/h8-9H,6-7H2,1-5H3,(H2,17,18,19). The van der Waals surface area contributed by atoms with Crippen molar-refractivity contribution >= 4 is 17.6 Å². The molecule has 0 spiro atoms. The minimum Gasteiger partial charge on any atom is -0.496 e. The molecule has 0 atom stereocenters. The van der Waals surface area contributed by atoms with Gasteiger partial charge in [0.05, 0.1) is 7.11 Å². The van der Waals surface area contributed by atoms with Crippen LogP contribution in [0.25, 0.3) is 0 Å². The lowest BCUT2D eigenvalue weighted by Gasteiger charge is -2.20. The minimum absolute atomic E-state index is 0.172. The van der Waals surface area contributed by atoms with E-state index in [9.17, 15) is 4.79 Å². The number of hydrogen-bond acceptors (Lipinski definition) is 2. The van der Waals surface area contributed by atoms with Crippen LogP contribution in [-0.4, -0.2) is 25.2 Å². The van der Waals surface area contributed by atoms with Gasteiger partial charge in [0.2, 0.25) is 0 Å². The molecule has 0 saturated carbocycles. The van der Waals surface area contributed by atoms with Crippen molar-refractivity contribution in [3.05, 3.63) is 28.3 Å². The van der Waals surface area contributed by atoms with Crippen molar-refractivity contribution in [2.24, 2.45) is 0 Å². The summed E-state index contributed by atoms with van der Waals surface area (Å²) >= 11 is 6.12. The fourth-order valence-corrected chi connectivity index (χ4v) is 1.96. The van der Waals surface area contributed by atoms with E-state index in [2.05, 4.69) is 10.6 Å². The highest BCUT2D eigenvalue weighted by atomic mass is 35.5. The average Bonchev–Trinajstić information content (AvgIpc) is 2.31. The Bertz CT molecular complexity index is 481. The molecular weight excluding hydrogens is 276 g/mol. The van der Waals surface area contributed by atoms with Crippen LogP contribution in [0.15, 0.2) is 12.1 Å². The Morgan fingerprint density at radius 1 is 1.35 bits per heavy atom. The monoisotopic (exact) mass is 298 g/mol. The fraction of sp³-hybridized carbons (Fsp3) is 0.533. The Balaban J connectivity index is 2.58. The van der Waals surface area contributed by atoms with Gasteiger partial charge in [0.15, 0.2) is 0 Å². The van der Waals surface area contributed by atoms with Crippen molar-refractivity contribution in [3.63, 3.8) is 0 Å². The highest BCUT2D eigenvalue weighted by Gasteiger charge is 2.13. The van der Waals surface area contributed by atoms with Crippen LogP contribution in [0, 0.1) is 6.92 Å². The number of rotatable bonds is 4. The molecular formula is C15H23ClN2O2. The third kappa shape index (κ3) is 5.29. The summed E-state index contributed by atoms with van der Waals surface area (Å²) in [5, 5.41) is 6.38. The maximum Gasteiger partial charge on any atom is 0.315 e. The minimum atomic E-state index is -0.241. The summed E-state index contributed by atoms with van der Waals surface area (Å²) in [6.07, 6.45) is 0.667. The number of hydrogen-bond donors (Lipinski definition) is 2. The van der Waals surface area contributed by atoms with E-state index in [1.807, 2.05) is 39.8 Å². The van der Waals surface area contributed by atoms with Crippen molar-refractivity contribution in [2.45, 2.75) is 39.7 Å². The summed E-state index contributed by atoms with van der Waals surface area (Å²) in [6, 6.07) is 3.63. The SMILES string of the molecule is COc1cc(C)c(Cl)cc1CCNC(=O)NC(C)(C)C. The molecule has 0 bridgehead atoms. The largest absolute Gasteiger partial charge is 0.496 e. The molecule has 5 heteroatoms. The predicted octanol–water partition coefficient (Wildman–Crippen LogP) is 3.30. The summed E-state index contributed by atoms with van der Waals surface area (Å²) < 4.78 is 5.33. The van der Waals surface area contributed by atoms with Gasteiger partial charge in [0, 0.05) is 17.1 Å². The Morgan fingerprint density at radius 2 is 2.00 bits per heavy atom. The normalized spacial score (nSPS) is 11.1. The van der Waals surface area contributed by atoms with Crippen LogP contribution in [0.4, 0.5) is 4.79 Å². The molecule has 0 aliphatic carbocycles. The second kappa shape index (κ2) is 6.84. The zero-order chi connectivity index (χ0) is 15.3. The van der Waals surface area contributed by atoms with Gasteiger partial charge in [-0.3, -0.25) is 0 Å².